The molecule has 1 aliphatic heterocycles. The van der Waals surface area contributed by atoms with Crippen LogP contribution >= 0.6 is 12.1 Å². The molecule has 0 spiro atoms. The molecule has 1 saturated heterocycles. The molecule has 1 heterocycles. The van der Waals surface area contributed by atoms with E-state index in [-0.39, 0.29) is 0 Å². The van der Waals surface area contributed by atoms with E-state index in [9.17, 15) is 0 Å². The second kappa shape index (κ2) is 10.9. The Bertz CT molecular complexity index is 507. The third-order valence-electron chi connectivity index (χ3n) is 5.33. The Morgan fingerprint density at radius 1 is 0.840 bits per heavy atom. The van der Waals surface area contributed by atoms with Crippen molar-refractivity contribution in [2.24, 2.45) is 4.99 Å². The summed E-state index contributed by atoms with van der Waals surface area (Å²) in [6.45, 7) is 1.21. The van der Waals surface area contributed by atoms with Gasteiger partial charge in [-0.25, -0.2) is 9.30 Å². The van der Waals surface area contributed by atoms with Gasteiger partial charge in [0, 0.05) is 31.1 Å². The molecule has 2 aliphatic rings. The molecule has 4 heteroatoms. The summed E-state index contributed by atoms with van der Waals surface area (Å²) in [4.78, 5) is 4.85. The predicted molar refractivity (Wildman–Crippen MR) is 110 cm³/mol. The number of amidine groups is 1. The summed E-state index contributed by atoms with van der Waals surface area (Å²) in [6.07, 6.45) is 16.1. The van der Waals surface area contributed by atoms with Gasteiger partial charge in [0.2, 0.25) is 0 Å². The first-order chi connectivity index (χ1) is 12.4. The van der Waals surface area contributed by atoms with Crippen molar-refractivity contribution in [3.05, 3.63) is 30.3 Å². The van der Waals surface area contributed by atoms with E-state index in [0.29, 0.717) is 0 Å². The second-order valence-corrected chi connectivity index (χ2v) is 8.25. The molecule has 1 saturated carbocycles. The molecule has 3 rings (SSSR count). The minimum atomic E-state index is 0.728. The van der Waals surface area contributed by atoms with Crippen molar-refractivity contribution in [1.82, 2.24) is 9.03 Å². The molecule has 25 heavy (non-hydrogen) atoms. The lowest BCUT2D eigenvalue weighted by atomic mass is 10.0. The Morgan fingerprint density at radius 2 is 1.52 bits per heavy atom. The molecular formula is C21H33N3S. The largest absolute Gasteiger partial charge is 0.305 e. The fourth-order valence-corrected chi connectivity index (χ4v) is 4.79. The van der Waals surface area contributed by atoms with Gasteiger partial charge in [-0.1, -0.05) is 63.1 Å². The third kappa shape index (κ3) is 6.67. The summed E-state index contributed by atoms with van der Waals surface area (Å²) in [5.41, 5.74) is 1.05. The first-order valence-corrected chi connectivity index (χ1v) is 11.0. The highest BCUT2D eigenvalue weighted by molar-refractivity contribution is 7.95. The van der Waals surface area contributed by atoms with Crippen LogP contribution in [0.25, 0.3) is 0 Å². The topological polar surface area (TPSA) is 27.6 Å². The highest BCUT2D eigenvalue weighted by Gasteiger charge is 2.21. The van der Waals surface area contributed by atoms with E-state index in [1.165, 1.54) is 77.2 Å². The number of para-hydroxylation sites is 1. The fourth-order valence-electron chi connectivity index (χ4n) is 3.84. The lowest BCUT2D eigenvalue weighted by Crippen LogP contribution is -2.34. The van der Waals surface area contributed by atoms with Crippen LogP contribution in [0.1, 0.15) is 77.0 Å². The molecule has 1 aromatic rings. The van der Waals surface area contributed by atoms with E-state index >= 15 is 0 Å². The molecule has 0 bridgehead atoms. The summed E-state index contributed by atoms with van der Waals surface area (Å²) in [6, 6.07) is 11.1. The molecule has 1 aromatic carbocycles. The summed E-state index contributed by atoms with van der Waals surface area (Å²) >= 11 is 1.82. The van der Waals surface area contributed by atoms with Crippen molar-refractivity contribution in [2.45, 2.75) is 83.1 Å². The van der Waals surface area contributed by atoms with Crippen LogP contribution < -0.4 is 4.72 Å². The van der Waals surface area contributed by atoms with Gasteiger partial charge in [0.1, 0.15) is 5.84 Å². The van der Waals surface area contributed by atoms with E-state index in [1.54, 1.807) is 0 Å². The number of nitrogens with zero attached hydrogens (tertiary/aromatic N) is 2. The maximum atomic E-state index is 4.85. The van der Waals surface area contributed by atoms with Gasteiger partial charge in [0.25, 0.3) is 0 Å². The van der Waals surface area contributed by atoms with Gasteiger partial charge in [-0.05, 0) is 37.8 Å². The standard InChI is InChI=1S/C21H33N3S/c1-2-4-10-16-20(15-9-3-1)24-18-12-6-11-17-21(23-25-24)22-19-13-7-5-8-14-19/h5,7-8,13-14,20H,1-4,6,9-12,15-18H2,(H,22,23). The monoisotopic (exact) mass is 359 g/mol. The zero-order valence-corrected chi connectivity index (χ0v) is 16.3. The van der Waals surface area contributed by atoms with Crippen LogP contribution in [0.2, 0.25) is 0 Å². The SMILES string of the molecule is c1ccc(N=C2CCCCCN(C3CCCCCCCC3)SN2)cc1. The molecule has 1 N–H and O–H groups in total. The molecule has 3 nitrogen and oxygen atoms in total. The maximum absolute atomic E-state index is 4.85. The Hall–Kier alpha value is -1.00. The Kier molecular flexibility index (Phi) is 8.17. The van der Waals surface area contributed by atoms with E-state index in [1.807, 2.05) is 18.2 Å². The van der Waals surface area contributed by atoms with E-state index in [0.717, 1.165) is 24.0 Å². The predicted octanol–water partition coefficient (Wildman–Crippen LogP) is 6.25. The molecule has 0 amide bonds. The van der Waals surface area contributed by atoms with Crippen LogP contribution in [-0.4, -0.2) is 22.7 Å². The normalized spacial score (nSPS) is 24.2. The van der Waals surface area contributed by atoms with Crippen LogP contribution in [0.5, 0.6) is 0 Å². The lowest BCUT2D eigenvalue weighted by molar-refractivity contribution is 0.301. The number of nitrogens with one attached hydrogen (secondary N) is 1. The minimum Gasteiger partial charge on any atom is -0.305 e. The number of benzene rings is 1. The summed E-state index contributed by atoms with van der Waals surface area (Å²) < 4.78 is 6.24. The highest BCUT2D eigenvalue weighted by Crippen LogP contribution is 2.26. The molecule has 0 aromatic heterocycles. The summed E-state index contributed by atoms with van der Waals surface area (Å²) in [5, 5.41) is 0. The smallest absolute Gasteiger partial charge is 0.113 e. The van der Waals surface area contributed by atoms with Crippen molar-refractivity contribution in [2.75, 3.05) is 6.54 Å². The Balaban J connectivity index is 1.63. The van der Waals surface area contributed by atoms with Crippen LogP contribution in [0, 0.1) is 0 Å². The van der Waals surface area contributed by atoms with Gasteiger partial charge >= 0.3 is 0 Å². The summed E-state index contributed by atoms with van der Waals surface area (Å²) in [7, 11) is 0. The van der Waals surface area contributed by atoms with Gasteiger partial charge in [0.15, 0.2) is 0 Å². The van der Waals surface area contributed by atoms with E-state index in [2.05, 4.69) is 33.3 Å². The molecular weight excluding hydrogens is 326 g/mol. The quantitative estimate of drug-likeness (QED) is 0.633. The van der Waals surface area contributed by atoms with Crippen LogP contribution in [0.3, 0.4) is 0 Å². The van der Waals surface area contributed by atoms with Gasteiger partial charge in [0.05, 0.1) is 5.69 Å². The van der Waals surface area contributed by atoms with Crippen LogP contribution in [-0.2, 0) is 0 Å². The van der Waals surface area contributed by atoms with E-state index in [4.69, 9.17) is 4.99 Å². The molecule has 0 radical (unpaired) electrons. The number of aliphatic imine (C=N–C) groups is 1. The number of hydrogen-bond donors (Lipinski definition) is 1. The number of rotatable bonds is 2. The Labute approximate surface area is 157 Å². The van der Waals surface area contributed by atoms with Crippen LogP contribution in [0.15, 0.2) is 35.3 Å². The van der Waals surface area contributed by atoms with Crippen molar-refractivity contribution in [3.63, 3.8) is 0 Å². The first-order valence-electron chi connectivity index (χ1n) is 10.2. The van der Waals surface area contributed by atoms with Gasteiger partial charge in [-0.15, -0.1) is 0 Å². The van der Waals surface area contributed by atoms with Gasteiger partial charge < -0.3 is 4.72 Å². The average Bonchev–Trinajstić information content (AvgIpc) is 2.85. The highest BCUT2D eigenvalue weighted by atomic mass is 32.2. The molecule has 0 atom stereocenters. The summed E-state index contributed by atoms with van der Waals surface area (Å²) in [5.74, 6) is 1.13. The van der Waals surface area contributed by atoms with Crippen molar-refractivity contribution >= 4 is 23.7 Å². The molecule has 138 valence electrons. The zero-order valence-electron chi connectivity index (χ0n) is 15.5. The number of hydrogen-bond acceptors (Lipinski definition) is 3. The first kappa shape index (κ1) is 18.8. The van der Waals surface area contributed by atoms with Crippen molar-refractivity contribution < 1.29 is 0 Å². The third-order valence-corrected chi connectivity index (χ3v) is 6.37. The molecule has 2 fully saturated rings. The van der Waals surface area contributed by atoms with E-state index < -0.39 is 0 Å². The second-order valence-electron chi connectivity index (χ2n) is 7.39. The van der Waals surface area contributed by atoms with Crippen molar-refractivity contribution in [3.8, 4) is 0 Å². The maximum Gasteiger partial charge on any atom is 0.113 e. The van der Waals surface area contributed by atoms with Gasteiger partial charge in [-0.3, -0.25) is 0 Å². The Morgan fingerprint density at radius 3 is 2.28 bits per heavy atom. The fraction of sp³-hybridized carbons (Fsp3) is 0.667. The molecule has 0 unspecified atom stereocenters. The average molecular weight is 360 g/mol. The zero-order chi connectivity index (χ0) is 17.2. The van der Waals surface area contributed by atoms with Crippen LogP contribution in [0.4, 0.5) is 5.69 Å². The van der Waals surface area contributed by atoms with Crippen molar-refractivity contribution in [1.29, 1.82) is 0 Å². The lowest BCUT2D eigenvalue weighted by Gasteiger charge is -2.30. The molecule has 1 aliphatic carbocycles. The minimum absolute atomic E-state index is 0.728. The van der Waals surface area contributed by atoms with Gasteiger partial charge in [-0.2, -0.15) is 0 Å².